The van der Waals surface area contributed by atoms with Crippen molar-refractivity contribution in [3.8, 4) is 17.0 Å². The van der Waals surface area contributed by atoms with E-state index < -0.39 is 27.3 Å². The van der Waals surface area contributed by atoms with Gasteiger partial charge in [-0.2, -0.15) is 21.6 Å². The molecule has 0 radical (unpaired) electrons. The second-order valence-corrected chi connectivity index (χ2v) is 5.38. The van der Waals surface area contributed by atoms with Crippen LogP contribution in [0, 0.1) is 5.82 Å². The zero-order valence-corrected chi connectivity index (χ0v) is 11.0. The summed E-state index contributed by atoms with van der Waals surface area (Å²) in [6, 6.07) is 7.36. The molecule has 0 aliphatic carbocycles. The number of rotatable bonds is 3. The summed E-state index contributed by atoms with van der Waals surface area (Å²) in [5.74, 6) is -1.28. The van der Waals surface area contributed by atoms with Crippen LogP contribution in [0.5, 0.6) is 5.88 Å². The Labute approximate surface area is 117 Å². The number of hydrogen-bond acceptors (Lipinski definition) is 4. The standard InChI is InChI=1S/C12H7F4NO3S/c13-9-5-3-8(4-6-9)10-2-1-7-17-11(10)20-21(18,19)12(14,15)16/h1-7H. The van der Waals surface area contributed by atoms with Crippen LogP contribution in [0.3, 0.4) is 0 Å². The zero-order chi connectivity index (χ0) is 15.7. The fourth-order valence-electron chi connectivity index (χ4n) is 1.46. The molecule has 0 saturated carbocycles. The lowest BCUT2D eigenvalue weighted by molar-refractivity contribution is -0.0501. The van der Waals surface area contributed by atoms with Crippen LogP contribution < -0.4 is 4.18 Å². The summed E-state index contributed by atoms with van der Waals surface area (Å²) in [5, 5.41) is 0. The van der Waals surface area contributed by atoms with Gasteiger partial charge in [0, 0.05) is 11.8 Å². The molecular weight excluding hydrogens is 314 g/mol. The fraction of sp³-hybridized carbons (Fsp3) is 0.0833. The molecule has 4 nitrogen and oxygen atoms in total. The molecule has 0 fully saturated rings. The third-order valence-electron chi connectivity index (χ3n) is 2.40. The van der Waals surface area contributed by atoms with Crippen molar-refractivity contribution in [1.82, 2.24) is 4.98 Å². The van der Waals surface area contributed by atoms with E-state index >= 15 is 0 Å². The van der Waals surface area contributed by atoms with Crippen LogP contribution in [0.1, 0.15) is 0 Å². The van der Waals surface area contributed by atoms with Gasteiger partial charge in [0.15, 0.2) is 0 Å². The number of alkyl halides is 3. The summed E-state index contributed by atoms with van der Waals surface area (Å²) in [6.45, 7) is 0. The minimum absolute atomic E-state index is 0.00896. The minimum Gasteiger partial charge on any atom is -0.355 e. The van der Waals surface area contributed by atoms with Gasteiger partial charge in [0.2, 0.25) is 5.88 Å². The van der Waals surface area contributed by atoms with E-state index in [1.807, 2.05) is 0 Å². The van der Waals surface area contributed by atoms with Gasteiger partial charge in [-0.25, -0.2) is 9.37 Å². The van der Waals surface area contributed by atoms with Crippen LogP contribution in [0.4, 0.5) is 17.6 Å². The Morgan fingerprint density at radius 2 is 1.67 bits per heavy atom. The molecule has 0 saturated heterocycles. The minimum atomic E-state index is -5.83. The third-order valence-corrected chi connectivity index (χ3v) is 3.34. The fourth-order valence-corrected chi connectivity index (χ4v) is 1.89. The Morgan fingerprint density at radius 3 is 2.24 bits per heavy atom. The molecule has 0 amide bonds. The average molecular weight is 321 g/mol. The van der Waals surface area contributed by atoms with Crippen LogP contribution in [0.2, 0.25) is 0 Å². The van der Waals surface area contributed by atoms with Gasteiger partial charge < -0.3 is 4.18 Å². The van der Waals surface area contributed by atoms with Crippen LogP contribution in [-0.4, -0.2) is 18.9 Å². The zero-order valence-electron chi connectivity index (χ0n) is 10.1. The van der Waals surface area contributed by atoms with Gasteiger partial charge in [0.05, 0.1) is 0 Å². The van der Waals surface area contributed by atoms with Gasteiger partial charge in [-0.3, -0.25) is 0 Å². The molecule has 9 heteroatoms. The Kier molecular flexibility index (Phi) is 3.86. The van der Waals surface area contributed by atoms with E-state index in [-0.39, 0.29) is 11.1 Å². The molecule has 1 heterocycles. The number of hydrogen-bond donors (Lipinski definition) is 0. The van der Waals surface area contributed by atoms with E-state index in [1.165, 1.54) is 24.3 Å². The second kappa shape index (κ2) is 5.32. The van der Waals surface area contributed by atoms with Crippen molar-refractivity contribution in [3.05, 3.63) is 48.4 Å². The van der Waals surface area contributed by atoms with Crippen LogP contribution in [-0.2, 0) is 10.1 Å². The molecule has 0 bridgehead atoms. The highest BCUT2D eigenvalue weighted by Crippen LogP contribution is 2.32. The first-order valence-corrected chi connectivity index (χ1v) is 6.83. The Bertz CT molecular complexity index is 742. The molecule has 0 aliphatic rings. The summed E-state index contributed by atoms with van der Waals surface area (Å²) in [4.78, 5) is 3.48. The Morgan fingerprint density at radius 1 is 1.05 bits per heavy atom. The van der Waals surface area contributed by atoms with Crippen molar-refractivity contribution >= 4 is 10.1 Å². The van der Waals surface area contributed by atoms with Crippen molar-refractivity contribution in [2.45, 2.75) is 5.51 Å². The highest BCUT2D eigenvalue weighted by Gasteiger charge is 2.49. The van der Waals surface area contributed by atoms with Crippen LogP contribution in [0.15, 0.2) is 42.6 Å². The summed E-state index contributed by atoms with van der Waals surface area (Å²) in [6.07, 6.45) is 1.08. The van der Waals surface area contributed by atoms with Crippen molar-refractivity contribution in [2.75, 3.05) is 0 Å². The summed E-state index contributed by atoms with van der Waals surface area (Å²) in [7, 11) is -5.83. The van der Waals surface area contributed by atoms with E-state index in [0.717, 1.165) is 18.3 Å². The lowest BCUT2D eigenvalue weighted by atomic mass is 10.1. The molecule has 0 atom stereocenters. The average Bonchev–Trinajstić information content (AvgIpc) is 2.39. The van der Waals surface area contributed by atoms with E-state index in [1.54, 1.807) is 0 Å². The lowest BCUT2D eigenvalue weighted by Crippen LogP contribution is -2.28. The van der Waals surface area contributed by atoms with Crippen molar-refractivity contribution in [3.63, 3.8) is 0 Å². The third kappa shape index (κ3) is 3.30. The number of aromatic nitrogens is 1. The second-order valence-electron chi connectivity index (χ2n) is 3.85. The monoisotopic (exact) mass is 321 g/mol. The quantitative estimate of drug-likeness (QED) is 0.495. The van der Waals surface area contributed by atoms with Crippen molar-refractivity contribution in [2.24, 2.45) is 0 Å². The first-order valence-electron chi connectivity index (χ1n) is 5.42. The topological polar surface area (TPSA) is 56.3 Å². The molecule has 21 heavy (non-hydrogen) atoms. The van der Waals surface area contributed by atoms with E-state index in [0.29, 0.717) is 0 Å². The first kappa shape index (κ1) is 15.2. The number of benzene rings is 1. The van der Waals surface area contributed by atoms with Crippen molar-refractivity contribution in [1.29, 1.82) is 0 Å². The molecule has 0 N–H and O–H groups in total. The molecule has 0 aliphatic heterocycles. The molecule has 1 aromatic heterocycles. The van der Waals surface area contributed by atoms with Gasteiger partial charge in [-0.15, -0.1) is 0 Å². The van der Waals surface area contributed by atoms with Gasteiger partial charge in [-0.1, -0.05) is 12.1 Å². The van der Waals surface area contributed by atoms with E-state index in [4.69, 9.17) is 0 Å². The maximum atomic E-state index is 12.8. The number of nitrogens with zero attached hydrogens (tertiary/aromatic N) is 1. The smallest absolute Gasteiger partial charge is 0.355 e. The SMILES string of the molecule is O=S(=O)(Oc1ncccc1-c1ccc(F)cc1)C(F)(F)F. The number of halogens is 4. The highest BCUT2D eigenvalue weighted by atomic mass is 32.2. The number of pyridine rings is 1. The van der Waals surface area contributed by atoms with Gasteiger partial charge >= 0.3 is 15.6 Å². The molecule has 0 unspecified atom stereocenters. The predicted molar refractivity (Wildman–Crippen MR) is 65.2 cm³/mol. The predicted octanol–water partition coefficient (Wildman–Crippen LogP) is 3.12. The van der Waals surface area contributed by atoms with Crippen molar-refractivity contribution < 1.29 is 30.2 Å². The molecular formula is C12H7F4NO3S. The summed E-state index contributed by atoms with van der Waals surface area (Å²) in [5.41, 5.74) is -5.31. The van der Waals surface area contributed by atoms with E-state index in [2.05, 4.69) is 9.17 Å². The lowest BCUT2D eigenvalue weighted by Gasteiger charge is -2.11. The molecule has 0 spiro atoms. The molecule has 2 aromatic rings. The molecule has 2 rings (SSSR count). The van der Waals surface area contributed by atoms with Crippen LogP contribution in [0.25, 0.3) is 11.1 Å². The van der Waals surface area contributed by atoms with E-state index in [9.17, 15) is 26.0 Å². The first-order chi connectivity index (χ1) is 9.71. The van der Waals surface area contributed by atoms with Gasteiger partial charge in [0.1, 0.15) is 5.82 Å². The maximum Gasteiger partial charge on any atom is 0.534 e. The van der Waals surface area contributed by atoms with Gasteiger partial charge in [0.25, 0.3) is 0 Å². The Balaban J connectivity index is 2.45. The Hall–Kier alpha value is -2.16. The molecule has 1 aromatic carbocycles. The maximum absolute atomic E-state index is 12.8. The largest absolute Gasteiger partial charge is 0.534 e. The van der Waals surface area contributed by atoms with Crippen LogP contribution >= 0.6 is 0 Å². The summed E-state index contributed by atoms with van der Waals surface area (Å²) >= 11 is 0. The highest BCUT2D eigenvalue weighted by molar-refractivity contribution is 7.88. The normalized spacial score (nSPS) is 12.2. The van der Waals surface area contributed by atoms with Gasteiger partial charge in [-0.05, 0) is 29.8 Å². The summed E-state index contributed by atoms with van der Waals surface area (Å²) < 4.78 is 75.8. The molecule has 112 valence electrons.